The van der Waals surface area contributed by atoms with E-state index in [-0.39, 0.29) is 48.4 Å². The summed E-state index contributed by atoms with van der Waals surface area (Å²) in [6.07, 6.45) is 1.22. The first kappa shape index (κ1) is 30.3. The van der Waals surface area contributed by atoms with E-state index in [4.69, 9.17) is 9.47 Å². The first-order valence-corrected chi connectivity index (χ1v) is 15.5. The molecular weight excluding hydrogens is 532 g/mol. The van der Waals surface area contributed by atoms with Crippen molar-refractivity contribution in [1.82, 2.24) is 9.21 Å². The van der Waals surface area contributed by atoms with Crippen LogP contribution in [0.1, 0.15) is 45.1 Å². The SMILES string of the molecule is COc1ccc(S(=O)(=O)N(CC(C)C)C[C@H](O)[C@H](Cc2ccccc2)N(C(=O)O)[C@H]2CCO[C@H]3CCC[C@@H]32)cc1. The smallest absolute Gasteiger partial charge is 0.407 e. The van der Waals surface area contributed by atoms with Gasteiger partial charge in [0.1, 0.15) is 5.75 Å². The summed E-state index contributed by atoms with van der Waals surface area (Å²) in [6, 6.07) is 14.5. The summed E-state index contributed by atoms with van der Waals surface area (Å²) in [5.74, 6) is 0.583. The fourth-order valence-electron chi connectivity index (χ4n) is 6.21. The van der Waals surface area contributed by atoms with Crippen LogP contribution in [0.3, 0.4) is 0 Å². The molecule has 1 amide bonds. The Morgan fingerprint density at radius 2 is 1.75 bits per heavy atom. The molecule has 1 aliphatic carbocycles. The number of carboxylic acid groups (broad SMARTS) is 1. The second-order valence-electron chi connectivity index (χ2n) is 11.3. The Hall–Kier alpha value is -2.66. The molecule has 0 aromatic heterocycles. The van der Waals surface area contributed by atoms with Gasteiger partial charge in [-0.1, -0.05) is 50.6 Å². The van der Waals surface area contributed by atoms with E-state index < -0.39 is 28.3 Å². The average molecular weight is 575 g/mol. The molecule has 5 atom stereocenters. The lowest BCUT2D eigenvalue weighted by molar-refractivity contribution is -0.0740. The lowest BCUT2D eigenvalue weighted by atomic mass is 9.87. The van der Waals surface area contributed by atoms with Crippen LogP contribution in [0.25, 0.3) is 0 Å². The predicted molar refractivity (Wildman–Crippen MR) is 152 cm³/mol. The first-order chi connectivity index (χ1) is 19.1. The van der Waals surface area contributed by atoms with Crippen LogP contribution >= 0.6 is 0 Å². The molecule has 2 aromatic rings. The zero-order chi connectivity index (χ0) is 28.9. The maximum atomic E-state index is 13.8. The Morgan fingerprint density at radius 1 is 1.05 bits per heavy atom. The van der Waals surface area contributed by atoms with Crippen LogP contribution in [0.15, 0.2) is 59.5 Å². The summed E-state index contributed by atoms with van der Waals surface area (Å²) >= 11 is 0. The second kappa shape index (κ2) is 13.3. The van der Waals surface area contributed by atoms with Gasteiger partial charge in [0.25, 0.3) is 0 Å². The number of hydrogen-bond donors (Lipinski definition) is 2. The zero-order valence-electron chi connectivity index (χ0n) is 23.6. The topological polar surface area (TPSA) is 117 Å². The summed E-state index contributed by atoms with van der Waals surface area (Å²) in [5, 5.41) is 22.3. The number of aliphatic hydroxyl groups is 1. The van der Waals surface area contributed by atoms with Crippen LogP contribution in [-0.2, 0) is 21.2 Å². The molecule has 1 saturated heterocycles. The van der Waals surface area contributed by atoms with Gasteiger partial charge in [-0.05, 0) is 61.4 Å². The van der Waals surface area contributed by atoms with Crippen LogP contribution in [0, 0.1) is 11.8 Å². The number of aliphatic hydroxyl groups excluding tert-OH is 1. The maximum Gasteiger partial charge on any atom is 0.407 e. The fourth-order valence-corrected chi connectivity index (χ4v) is 7.83. The molecule has 220 valence electrons. The van der Waals surface area contributed by atoms with E-state index in [9.17, 15) is 23.4 Å². The van der Waals surface area contributed by atoms with E-state index in [2.05, 4.69) is 0 Å². The number of carbonyl (C=O) groups is 1. The summed E-state index contributed by atoms with van der Waals surface area (Å²) in [7, 11) is -2.46. The van der Waals surface area contributed by atoms with Gasteiger partial charge in [-0.2, -0.15) is 4.31 Å². The van der Waals surface area contributed by atoms with Crippen molar-refractivity contribution in [1.29, 1.82) is 0 Å². The van der Waals surface area contributed by atoms with E-state index >= 15 is 0 Å². The van der Waals surface area contributed by atoms with Gasteiger partial charge < -0.3 is 19.7 Å². The highest BCUT2D eigenvalue weighted by atomic mass is 32.2. The molecule has 0 unspecified atom stereocenters. The minimum atomic E-state index is -3.98. The average Bonchev–Trinajstić information content (AvgIpc) is 3.42. The number of amides is 1. The van der Waals surface area contributed by atoms with Crippen molar-refractivity contribution >= 4 is 16.1 Å². The molecule has 40 heavy (non-hydrogen) atoms. The summed E-state index contributed by atoms with van der Waals surface area (Å²) < 4.78 is 40.0. The number of hydrogen-bond acceptors (Lipinski definition) is 6. The summed E-state index contributed by atoms with van der Waals surface area (Å²) in [6.45, 7) is 4.24. The van der Waals surface area contributed by atoms with Crippen LogP contribution < -0.4 is 4.74 Å². The van der Waals surface area contributed by atoms with Gasteiger partial charge >= 0.3 is 6.09 Å². The van der Waals surface area contributed by atoms with Crippen molar-refractivity contribution in [2.75, 3.05) is 26.8 Å². The van der Waals surface area contributed by atoms with Gasteiger partial charge in [0.15, 0.2) is 0 Å². The van der Waals surface area contributed by atoms with E-state index in [0.29, 0.717) is 18.8 Å². The molecule has 9 nitrogen and oxygen atoms in total. The molecule has 2 aromatic carbocycles. The molecule has 4 rings (SSSR count). The van der Waals surface area contributed by atoms with E-state index in [1.54, 1.807) is 12.1 Å². The van der Waals surface area contributed by atoms with Gasteiger partial charge in [0.2, 0.25) is 10.0 Å². The highest BCUT2D eigenvalue weighted by Gasteiger charge is 2.46. The normalized spacial score (nSPS) is 22.6. The zero-order valence-corrected chi connectivity index (χ0v) is 24.4. The number of methoxy groups -OCH3 is 1. The van der Waals surface area contributed by atoms with Crippen molar-refractivity contribution in [2.24, 2.45) is 11.8 Å². The Balaban J connectivity index is 1.68. The fraction of sp³-hybridized carbons (Fsp3) is 0.567. The van der Waals surface area contributed by atoms with Gasteiger partial charge in [0, 0.05) is 31.7 Å². The van der Waals surface area contributed by atoms with E-state index in [1.807, 2.05) is 44.2 Å². The summed E-state index contributed by atoms with van der Waals surface area (Å²) in [4.78, 5) is 14.4. The number of benzene rings is 2. The van der Waals surface area contributed by atoms with Crippen LogP contribution in [0.5, 0.6) is 5.75 Å². The second-order valence-corrected chi connectivity index (χ2v) is 13.2. The van der Waals surface area contributed by atoms with Crippen LogP contribution in [-0.4, -0.2) is 85.0 Å². The third-order valence-corrected chi connectivity index (χ3v) is 9.91. The van der Waals surface area contributed by atoms with Crippen molar-refractivity contribution < 1.29 is 32.9 Å². The largest absolute Gasteiger partial charge is 0.497 e. The first-order valence-electron chi connectivity index (χ1n) is 14.1. The van der Waals surface area contributed by atoms with Crippen LogP contribution in [0.4, 0.5) is 4.79 Å². The van der Waals surface area contributed by atoms with Crippen molar-refractivity contribution in [2.45, 2.75) is 75.1 Å². The summed E-state index contributed by atoms with van der Waals surface area (Å²) in [5.41, 5.74) is 0.876. The predicted octanol–water partition coefficient (Wildman–Crippen LogP) is 4.25. The molecule has 1 heterocycles. The number of rotatable bonds is 12. The van der Waals surface area contributed by atoms with E-state index in [1.165, 1.54) is 28.4 Å². The highest BCUT2D eigenvalue weighted by molar-refractivity contribution is 7.89. The van der Waals surface area contributed by atoms with Gasteiger partial charge in [-0.3, -0.25) is 4.90 Å². The molecule has 1 aliphatic heterocycles. The van der Waals surface area contributed by atoms with E-state index in [0.717, 1.165) is 24.8 Å². The molecule has 0 bridgehead atoms. The minimum Gasteiger partial charge on any atom is -0.497 e. The molecular formula is C30H42N2O7S. The van der Waals surface area contributed by atoms with Crippen LogP contribution in [0.2, 0.25) is 0 Å². The maximum absolute atomic E-state index is 13.8. The standard InChI is InChI=1S/C30H42N2O7S/c1-21(2)19-31(40(36,37)24-14-12-23(38-3)13-15-24)20-28(33)27(18-22-8-5-4-6-9-22)32(30(34)35)26-16-17-39-29-11-7-10-25(26)29/h4-6,8-9,12-15,21,25-29,33H,7,10-11,16-20H2,1-3H3,(H,34,35)/t25-,26+,27+,28+,29+/m1/s1. The van der Waals surface area contributed by atoms with Gasteiger partial charge in [-0.25, -0.2) is 13.2 Å². The quantitative estimate of drug-likeness (QED) is 0.389. The Kier molecular flexibility index (Phi) is 10.1. The molecule has 0 spiro atoms. The number of fused-ring (bicyclic) bond motifs is 1. The molecule has 2 N–H and O–H groups in total. The van der Waals surface area contributed by atoms with Crippen molar-refractivity contribution in [3.05, 3.63) is 60.2 Å². The Bertz CT molecular complexity index is 1210. The Labute approximate surface area is 237 Å². The molecule has 1 saturated carbocycles. The molecule has 2 fully saturated rings. The lowest BCUT2D eigenvalue weighted by Gasteiger charge is -2.45. The molecule has 10 heteroatoms. The molecule has 0 radical (unpaired) electrons. The number of sulfonamides is 1. The minimum absolute atomic E-state index is 0.0156. The lowest BCUT2D eigenvalue weighted by Crippen LogP contribution is -2.59. The van der Waals surface area contributed by atoms with Crippen molar-refractivity contribution in [3.8, 4) is 5.75 Å². The third kappa shape index (κ3) is 6.97. The third-order valence-electron chi connectivity index (χ3n) is 8.07. The number of nitrogens with zero attached hydrogens (tertiary/aromatic N) is 2. The monoisotopic (exact) mass is 574 g/mol. The van der Waals surface area contributed by atoms with Gasteiger partial charge in [0.05, 0.1) is 30.3 Å². The number of ether oxygens (including phenoxy) is 2. The van der Waals surface area contributed by atoms with Gasteiger partial charge in [-0.15, -0.1) is 0 Å². The molecule has 2 aliphatic rings. The van der Waals surface area contributed by atoms with Crippen molar-refractivity contribution in [3.63, 3.8) is 0 Å². The Morgan fingerprint density at radius 3 is 2.38 bits per heavy atom. The highest BCUT2D eigenvalue weighted by Crippen LogP contribution is 2.39.